The zero-order valence-electron chi connectivity index (χ0n) is 16.9. The van der Waals surface area contributed by atoms with Gasteiger partial charge in [0.15, 0.2) is 0 Å². The van der Waals surface area contributed by atoms with Crippen LogP contribution >= 0.6 is 23.2 Å². The lowest BCUT2D eigenvalue weighted by atomic mass is 10.0. The zero-order valence-corrected chi connectivity index (χ0v) is 18.4. The summed E-state index contributed by atoms with van der Waals surface area (Å²) in [7, 11) is 0. The van der Waals surface area contributed by atoms with E-state index in [4.69, 9.17) is 23.2 Å². The number of nitrogens with zero attached hydrogens (tertiary/aromatic N) is 3. The number of hydrogen-bond donors (Lipinski definition) is 2. The highest BCUT2D eigenvalue weighted by atomic mass is 35.5. The van der Waals surface area contributed by atoms with Gasteiger partial charge in [-0.25, -0.2) is 4.98 Å². The van der Waals surface area contributed by atoms with Gasteiger partial charge in [-0.2, -0.15) is 4.98 Å². The van der Waals surface area contributed by atoms with Crippen LogP contribution < -0.4 is 15.5 Å². The number of carbonyl (C=O) groups is 1. The lowest BCUT2D eigenvalue weighted by Crippen LogP contribution is -2.45. The predicted octanol–water partition coefficient (Wildman–Crippen LogP) is 4.85. The molecule has 160 valence electrons. The molecule has 0 radical (unpaired) electrons. The largest absolute Gasteiger partial charge is 0.353 e. The van der Waals surface area contributed by atoms with Crippen LogP contribution in [-0.2, 0) is 11.2 Å². The van der Waals surface area contributed by atoms with E-state index in [1.54, 1.807) is 18.3 Å². The first-order valence-electron chi connectivity index (χ1n) is 10.2. The van der Waals surface area contributed by atoms with E-state index in [0.29, 0.717) is 28.2 Å². The van der Waals surface area contributed by atoms with Gasteiger partial charge in [0.1, 0.15) is 5.82 Å². The Balaban J connectivity index is 1.30. The molecule has 0 bridgehead atoms. The van der Waals surface area contributed by atoms with Crippen molar-refractivity contribution < 1.29 is 4.79 Å². The summed E-state index contributed by atoms with van der Waals surface area (Å²) in [5.41, 5.74) is 1.76. The van der Waals surface area contributed by atoms with Crippen LogP contribution in [-0.4, -0.2) is 35.0 Å². The number of rotatable bonds is 6. The van der Waals surface area contributed by atoms with Gasteiger partial charge in [0.25, 0.3) is 0 Å². The molecule has 1 saturated heterocycles. The zero-order chi connectivity index (χ0) is 21.6. The van der Waals surface area contributed by atoms with Gasteiger partial charge >= 0.3 is 0 Å². The Morgan fingerprint density at radius 2 is 1.77 bits per heavy atom. The molecule has 2 N–H and O–H groups in total. The van der Waals surface area contributed by atoms with Gasteiger partial charge in [0.2, 0.25) is 11.9 Å². The van der Waals surface area contributed by atoms with E-state index >= 15 is 0 Å². The minimum atomic E-state index is 0.0305. The summed E-state index contributed by atoms with van der Waals surface area (Å²) in [6.07, 6.45) is 3.79. The summed E-state index contributed by atoms with van der Waals surface area (Å²) in [5.74, 6) is 1.39. The van der Waals surface area contributed by atoms with E-state index in [0.717, 1.165) is 37.2 Å². The first-order chi connectivity index (χ1) is 15.1. The van der Waals surface area contributed by atoms with Crippen LogP contribution in [0.4, 0.5) is 17.5 Å². The van der Waals surface area contributed by atoms with Crippen molar-refractivity contribution in [1.82, 2.24) is 15.3 Å². The first-order valence-corrected chi connectivity index (χ1v) is 11.0. The molecule has 0 atom stereocenters. The van der Waals surface area contributed by atoms with Gasteiger partial charge < -0.3 is 15.5 Å². The van der Waals surface area contributed by atoms with Gasteiger partial charge in [-0.05, 0) is 48.7 Å². The van der Waals surface area contributed by atoms with Crippen molar-refractivity contribution in [3.63, 3.8) is 0 Å². The Labute approximate surface area is 191 Å². The van der Waals surface area contributed by atoms with Gasteiger partial charge in [-0.3, -0.25) is 4.79 Å². The van der Waals surface area contributed by atoms with Crippen LogP contribution in [0.15, 0.2) is 60.8 Å². The summed E-state index contributed by atoms with van der Waals surface area (Å²) in [6, 6.07) is 16.9. The first kappa shape index (κ1) is 21.4. The van der Waals surface area contributed by atoms with Crippen LogP contribution in [0.5, 0.6) is 0 Å². The van der Waals surface area contributed by atoms with Gasteiger partial charge in [-0.15, -0.1) is 0 Å². The maximum Gasteiger partial charge on any atom is 0.227 e. The fourth-order valence-electron chi connectivity index (χ4n) is 3.56. The van der Waals surface area contributed by atoms with E-state index in [-0.39, 0.29) is 11.9 Å². The standard InChI is InChI=1S/C23H23Cl2N5O/c24-17-7-5-16(6-8-17)15-22(31)27-18-10-13-30(14-11-18)23-26-12-9-21(29-23)28-20-4-2-1-3-19(20)25/h1-9,12,18H,10-11,13-15H2,(H,27,31)(H,26,28,29). The Morgan fingerprint density at radius 1 is 1.03 bits per heavy atom. The van der Waals surface area contributed by atoms with Crippen molar-refractivity contribution in [2.24, 2.45) is 0 Å². The van der Waals surface area contributed by atoms with E-state index in [1.807, 2.05) is 42.5 Å². The number of aromatic nitrogens is 2. The monoisotopic (exact) mass is 455 g/mol. The summed E-state index contributed by atoms with van der Waals surface area (Å²) < 4.78 is 0. The van der Waals surface area contributed by atoms with Crippen molar-refractivity contribution in [2.45, 2.75) is 25.3 Å². The Morgan fingerprint density at radius 3 is 2.52 bits per heavy atom. The van der Waals surface area contributed by atoms with Gasteiger partial charge in [-0.1, -0.05) is 47.5 Å². The molecule has 1 amide bonds. The number of benzene rings is 2. The van der Waals surface area contributed by atoms with E-state index in [1.165, 1.54) is 0 Å². The normalized spacial score (nSPS) is 14.3. The lowest BCUT2D eigenvalue weighted by Gasteiger charge is -2.32. The second-order valence-electron chi connectivity index (χ2n) is 7.48. The van der Waals surface area contributed by atoms with Gasteiger partial charge in [0.05, 0.1) is 17.1 Å². The number of para-hydroxylation sites is 1. The Bertz CT molecular complexity index is 1040. The summed E-state index contributed by atoms with van der Waals surface area (Å²) >= 11 is 12.1. The van der Waals surface area contributed by atoms with Crippen LogP contribution in [0.25, 0.3) is 0 Å². The fourth-order valence-corrected chi connectivity index (χ4v) is 3.87. The molecule has 0 unspecified atom stereocenters. The van der Waals surface area contributed by atoms with E-state index in [9.17, 15) is 4.79 Å². The molecule has 1 aromatic heterocycles. The minimum Gasteiger partial charge on any atom is -0.353 e. The lowest BCUT2D eigenvalue weighted by molar-refractivity contribution is -0.121. The Hall–Kier alpha value is -2.83. The fraction of sp³-hybridized carbons (Fsp3) is 0.261. The number of amides is 1. The number of nitrogens with one attached hydrogen (secondary N) is 2. The average molecular weight is 456 g/mol. The molecule has 31 heavy (non-hydrogen) atoms. The highest BCUT2D eigenvalue weighted by Crippen LogP contribution is 2.25. The molecule has 6 nitrogen and oxygen atoms in total. The molecule has 8 heteroatoms. The second-order valence-corrected chi connectivity index (χ2v) is 8.32. The Kier molecular flexibility index (Phi) is 6.89. The average Bonchev–Trinajstić information content (AvgIpc) is 2.78. The maximum absolute atomic E-state index is 12.4. The van der Waals surface area contributed by atoms with Crippen LogP contribution in [0.3, 0.4) is 0 Å². The quantitative estimate of drug-likeness (QED) is 0.555. The van der Waals surface area contributed by atoms with Gasteiger partial charge in [0, 0.05) is 30.4 Å². The van der Waals surface area contributed by atoms with E-state index in [2.05, 4.69) is 25.5 Å². The third-order valence-corrected chi connectivity index (χ3v) is 5.78. The molecule has 0 saturated carbocycles. The smallest absolute Gasteiger partial charge is 0.227 e. The number of anilines is 3. The highest BCUT2D eigenvalue weighted by Gasteiger charge is 2.22. The third kappa shape index (κ3) is 5.87. The molecule has 3 aromatic rings. The summed E-state index contributed by atoms with van der Waals surface area (Å²) in [5, 5.41) is 7.68. The minimum absolute atomic E-state index is 0.0305. The van der Waals surface area contributed by atoms with Crippen molar-refractivity contribution in [3.8, 4) is 0 Å². The molecule has 2 aromatic carbocycles. The van der Waals surface area contributed by atoms with Crippen LogP contribution in [0, 0.1) is 0 Å². The van der Waals surface area contributed by atoms with Crippen LogP contribution in [0.2, 0.25) is 10.0 Å². The molecule has 1 aliphatic heterocycles. The summed E-state index contributed by atoms with van der Waals surface area (Å²) in [6.45, 7) is 1.56. The molecule has 4 rings (SSSR count). The molecular weight excluding hydrogens is 433 g/mol. The highest BCUT2D eigenvalue weighted by molar-refractivity contribution is 6.33. The molecular formula is C23H23Cl2N5O. The molecule has 2 heterocycles. The number of halogens is 2. The number of piperidine rings is 1. The van der Waals surface area contributed by atoms with E-state index < -0.39 is 0 Å². The number of carbonyl (C=O) groups excluding carboxylic acids is 1. The SMILES string of the molecule is O=C(Cc1ccc(Cl)cc1)NC1CCN(c2nccc(Nc3ccccc3Cl)n2)CC1. The van der Waals surface area contributed by atoms with Crippen molar-refractivity contribution in [1.29, 1.82) is 0 Å². The molecule has 1 aliphatic rings. The van der Waals surface area contributed by atoms with Crippen LogP contribution in [0.1, 0.15) is 18.4 Å². The van der Waals surface area contributed by atoms with Crippen molar-refractivity contribution in [3.05, 3.63) is 76.4 Å². The maximum atomic E-state index is 12.4. The molecule has 0 spiro atoms. The van der Waals surface area contributed by atoms with Crippen molar-refractivity contribution >= 4 is 46.6 Å². The topological polar surface area (TPSA) is 70.2 Å². The number of hydrogen-bond acceptors (Lipinski definition) is 5. The summed E-state index contributed by atoms with van der Waals surface area (Å²) in [4.78, 5) is 23.5. The molecule has 0 aliphatic carbocycles. The van der Waals surface area contributed by atoms with Crippen molar-refractivity contribution in [2.75, 3.05) is 23.3 Å². The third-order valence-electron chi connectivity index (χ3n) is 5.20. The molecule has 1 fully saturated rings. The second kappa shape index (κ2) is 9.98. The predicted molar refractivity (Wildman–Crippen MR) is 125 cm³/mol.